The van der Waals surface area contributed by atoms with E-state index in [2.05, 4.69) is 36.5 Å². The number of hydrogen-bond acceptors (Lipinski definition) is 6. The van der Waals surface area contributed by atoms with Gasteiger partial charge in [-0.15, -0.1) is 15.3 Å². The van der Waals surface area contributed by atoms with Gasteiger partial charge in [0, 0.05) is 38.1 Å². The van der Waals surface area contributed by atoms with Crippen LogP contribution in [0, 0.1) is 18.8 Å². The molecule has 4 aliphatic heterocycles. The number of aryl methyl sites for hydroxylation is 1. The highest BCUT2D eigenvalue weighted by atomic mass is 15.4. The minimum absolute atomic E-state index is 0.718. The van der Waals surface area contributed by atoms with E-state index in [1.807, 2.05) is 17.5 Å². The molecule has 2 bridgehead atoms. The lowest BCUT2D eigenvalue weighted by Gasteiger charge is -2.47. The van der Waals surface area contributed by atoms with Crippen molar-refractivity contribution < 1.29 is 0 Å². The van der Waals surface area contributed by atoms with Crippen molar-refractivity contribution >= 4 is 11.5 Å². The van der Waals surface area contributed by atoms with Crippen LogP contribution >= 0.6 is 0 Å². The van der Waals surface area contributed by atoms with Gasteiger partial charge in [0.1, 0.15) is 5.82 Å². The van der Waals surface area contributed by atoms with Gasteiger partial charge in [0.15, 0.2) is 11.5 Å². The van der Waals surface area contributed by atoms with Crippen molar-refractivity contribution in [3.63, 3.8) is 0 Å². The summed E-state index contributed by atoms with van der Waals surface area (Å²) < 4.78 is 1.83. The van der Waals surface area contributed by atoms with E-state index in [9.17, 15) is 0 Å². The maximum Gasteiger partial charge on any atom is 0.178 e. The van der Waals surface area contributed by atoms with Gasteiger partial charge in [0.25, 0.3) is 0 Å². The van der Waals surface area contributed by atoms with Crippen LogP contribution in [0.3, 0.4) is 0 Å². The minimum Gasteiger partial charge on any atom is -0.354 e. The van der Waals surface area contributed by atoms with Gasteiger partial charge < -0.3 is 15.1 Å². The molecule has 6 heterocycles. The summed E-state index contributed by atoms with van der Waals surface area (Å²) in [5, 5.41) is 16.7. The summed E-state index contributed by atoms with van der Waals surface area (Å²) in [5.41, 5.74) is 0.817. The van der Waals surface area contributed by atoms with Gasteiger partial charge in [0.2, 0.25) is 0 Å². The lowest BCUT2D eigenvalue weighted by atomic mass is 9.83. The number of hydrogen-bond donors (Lipinski definition) is 1. The quantitative estimate of drug-likeness (QED) is 0.885. The summed E-state index contributed by atoms with van der Waals surface area (Å²) in [6.45, 7) is 9.15. The summed E-state index contributed by atoms with van der Waals surface area (Å²) in [7, 11) is 0. The van der Waals surface area contributed by atoms with E-state index in [0.29, 0.717) is 0 Å². The van der Waals surface area contributed by atoms with E-state index in [4.69, 9.17) is 0 Å². The first-order valence-electron chi connectivity index (χ1n) is 9.16. The Morgan fingerprint density at radius 1 is 1.12 bits per heavy atom. The Kier molecular flexibility index (Phi) is 3.45. The molecule has 1 atom stereocenters. The van der Waals surface area contributed by atoms with Crippen molar-refractivity contribution in [3.8, 4) is 0 Å². The number of aromatic nitrogens is 4. The van der Waals surface area contributed by atoms with E-state index >= 15 is 0 Å². The maximum atomic E-state index is 4.66. The summed E-state index contributed by atoms with van der Waals surface area (Å²) in [6.07, 6.45) is 2.77. The molecule has 7 nitrogen and oxygen atoms in total. The molecular formula is C17H25N7. The Hall–Kier alpha value is -1.73. The standard InChI is InChI=1S/C17H25N7/c1-12-19-20-16-2-3-17(21-24(12)16)23-9-13(10-23)8-18-15-11-22-6-4-14(15)5-7-22/h2-3,13-15,18H,4-11H2,1H3. The molecule has 4 saturated heterocycles. The van der Waals surface area contributed by atoms with E-state index in [-0.39, 0.29) is 0 Å². The third kappa shape index (κ3) is 2.46. The topological polar surface area (TPSA) is 61.6 Å². The van der Waals surface area contributed by atoms with Crippen LogP contribution in [-0.2, 0) is 0 Å². The Morgan fingerprint density at radius 3 is 2.71 bits per heavy atom. The van der Waals surface area contributed by atoms with Crippen molar-refractivity contribution in [3.05, 3.63) is 18.0 Å². The van der Waals surface area contributed by atoms with Crippen molar-refractivity contribution in [1.29, 1.82) is 0 Å². The zero-order valence-electron chi connectivity index (χ0n) is 14.2. The normalized spacial score (nSPS) is 30.0. The molecule has 24 heavy (non-hydrogen) atoms. The highest BCUT2D eigenvalue weighted by Gasteiger charge is 2.35. The maximum absolute atomic E-state index is 4.66. The fourth-order valence-corrected chi connectivity index (χ4v) is 4.46. The molecule has 2 aromatic heterocycles. The third-order valence-electron chi connectivity index (χ3n) is 6.01. The lowest BCUT2D eigenvalue weighted by Crippen LogP contribution is -2.59. The van der Waals surface area contributed by atoms with Crippen LogP contribution in [0.5, 0.6) is 0 Å². The first-order valence-corrected chi connectivity index (χ1v) is 9.16. The number of nitrogens with one attached hydrogen (secondary N) is 1. The first-order chi connectivity index (χ1) is 11.8. The highest BCUT2D eigenvalue weighted by molar-refractivity contribution is 5.47. The van der Waals surface area contributed by atoms with E-state index in [1.54, 1.807) is 0 Å². The van der Waals surface area contributed by atoms with Crippen molar-refractivity contribution in [1.82, 2.24) is 30.0 Å². The van der Waals surface area contributed by atoms with E-state index in [1.165, 1.54) is 32.5 Å². The summed E-state index contributed by atoms with van der Waals surface area (Å²) in [6, 6.07) is 4.78. The van der Waals surface area contributed by atoms with Crippen LogP contribution in [0.2, 0.25) is 0 Å². The molecule has 4 aliphatic rings. The molecule has 0 saturated carbocycles. The second-order valence-corrected chi connectivity index (χ2v) is 7.63. The molecule has 128 valence electrons. The largest absolute Gasteiger partial charge is 0.354 e. The molecule has 4 fully saturated rings. The molecule has 7 heteroatoms. The predicted octanol–water partition coefficient (Wildman–Crippen LogP) is 0.553. The van der Waals surface area contributed by atoms with Gasteiger partial charge in [-0.2, -0.15) is 4.52 Å². The van der Waals surface area contributed by atoms with Crippen LogP contribution in [0.1, 0.15) is 18.7 Å². The molecule has 1 N–H and O–H groups in total. The number of anilines is 1. The zero-order valence-corrected chi connectivity index (χ0v) is 14.2. The monoisotopic (exact) mass is 327 g/mol. The van der Waals surface area contributed by atoms with Gasteiger partial charge in [-0.1, -0.05) is 0 Å². The Bertz CT molecular complexity index is 728. The predicted molar refractivity (Wildman–Crippen MR) is 92.2 cm³/mol. The number of fused-ring (bicyclic) bond motifs is 4. The molecule has 0 amide bonds. The average Bonchev–Trinajstić information content (AvgIpc) is 2.95. The second-order valence-electron chi connectivity index (χ2n) is 7.63. The second kappa shape index (κ2) is 5.67. The Morgan fingerprint density at radius 2 is 1.96 bits per heavy atom. The molecule has 0 radical (unpaired) electrons. The van der Waals surface area contributed by atoms with E-state index < -0.39 is 0 Å². The summed E-state index contributed by atoms with van der Waals surface area (Å²) in [5.74, 6) is 3.52. The SMILES string of the molecule is Cc1nnc2ccc(N3CC(CNC4CN5CCC4CC5)C3)nn12. The Balaban J connectivity index is 1.16. The molecule has 0 aromatic carbocycles. The third-order valence-corrected chi connectivity index (χ3v) is 6.01. The van der Waals surface area contributed by atoms with Gasteiger partial charge in [-0.25, -0.2) is 0 Å². The summed E-state index contributed by atoms with van der Waals surface area (Å²) in [4.78, 5) is 4.97. The number of piperidine rings is 3. The van der Waals surface area contributed by atoms with Crippen LogP contribution in [0.4, 0.5) is 5.82 Å². The zero-order chi connectivity index (χ0) is 16.1. The van der Waals surface area contributed by atoms with Crippen molar-refractivity contribution in [2.75, 3.05) is 44.2 Å². The molecule has 0 spiro atoms. The molecular weight excluding hydrogens is 302 g/mol. The lowest BCUT2D eigenvalue weighted by molar-refractivity contribution is 0.0700. The van der Waals surface area contributed by atoms with Gasteiger partial charge >= 0.3 is 0 Å². The average molecular weight is 327 g/mol. The van der Waals surface area contributed by atoms with Crippen LogP contribution in [0.25, 0.3) is 5.65 Å². The van der Waals surface area contributed by atoms with Crippen LogP contribution in [0.15, 0.2) is 12.1 Å². The minimum atomic E-state index is 0.718. The number of nitrogens with zero attached hydrogens (tertiary/aromatic N) is 6. The fourth-order valence-electron chi connectivity index (χ4n) is 4.46. The molecule has 2 aromatic rings. The molecule has 6 rings (SSSR count). The van der Waals surface area contributed by atoms with Crippen molar-refractivity contribution in [2.45, 2.75) is 25.8 Å². The molecule has 1 unspecified atom stereocenters. The number of rotatable bonds is 4. The van der Waals surface area contributed by atoms with Gasteiger partial charge in [0.05, 0.1) is 0 Å². The van der Waals surface area contributed by atoms with Crippen LogP contribution in [-0.4, -0.2) is 70.0 Å². The highest BCUT2D eigenvalue weighted by Crippen LogP contribution is 2.28. The Labute approximate surface area is 142 Å². The van der Waals surface area contributed by atoms with Crippen LogP contribution < -0.4 is 10.2 Å². The molecule has 0 aliphatic carbocycles. The van der Waals surface area contributed by atoms with Gasteiger partial charge in [-0.3, -0.25) is 0 Å². The van der Waals surface area contributed by atoms with Crippen molar-refractivity contribution in [2.24, 2.45) is 11.8 Å². The van der Waals surface area contributed by atoms with Gasteiger partial charge in [-0.05, 0) is 50.9 Å². The first kappa shape index (κ1) is 14.6. The summed E-state index contributed by atoms with van der Waals surface area (Å²) >= 11 is 0. The van der Waals surface area contributed by atoms with E-state index in [0.717, 1.165) is 54.8 Å². The fraction of sp³-hybridized carbons (Fsp3) is 0.706. The smallest absolute Gasteiger partial charge is 0.178 e.